The first-order chi connectivity index (χ1) is 3.93. The van der Waals surface area contributed by atoms with Crippen molar-refractivity contribution >= 4 is 12.0 Å². The Labute approximate surface area is 53.3 Å². The molecule has 0 radical (unpaired) electrons. The molecule has 0 aromatic heterocycles. The summed E-state index contributed by atoms with van der Waals surface area (Å²) in [6.45, 7) is 0. The molecule has 0 aromatic carbocycles. The summed E-state index contributed by atoms with van der Waals surface area (Å²) in [7, 11) is 0. The molecule has 0 bridgehead atoms. The second kappa shape index (κ2) is 2.95. The minimum atomic E-state index is 0.403. The topological polar surface area (TPSA) is 22.9 Å². The van der Waals surface area contributed by atoms with Gasteiger partial charge in [-0.05, 0) is 6.42 Å². The van der Waals surface area contributed by atoms with Crippen LogP contribution in [0.2, 0.25) is 0 Å². The summed E-state index contributed by atoms with van der Waals surface area (Å²) in [4.78, 5) is 0. The van der Waals surface area contributed by atoms with Crippen molar-refractivity contribution in [2.75, 3.05) is 0 Å². The molecule has 1 nitrogen and oxygen atoms in total. The Morgan fingerprint density at radius 2 is 2.38 bits per heavy atom. The van der Waals surface area contributed by atoms with Gasteiger partial charge in [0.25, 0.3) is 0 Å². The maximum Gasteiger partial charge on any atom is 0.192 e. The van der Waals surface area contributed by atoms with Crippen LogP contribution in [0.15, 0.2) is 24.3 Å². The first-order valence-corrected chi connectivity index (χ1v) is 3.47. The first-order valence-electron chi connectivity index (χ1n) is 2.59. The highest BCUT2D eigenvalue weighted by Crippen LogP contribution is 2.15. The minimum Gasteiger partial charge on any atom is -0.371 e. The van der Waals surface area contributed by atoms with Crippen molar-refractivity contribution in [3.63, 3.8) is 0 Å². The van der Waals surface area contributed by atoms with Gasteiger partial charge in [0.05, 0.1) is 0 Å². The lowest BCUT2D eigenvalue weighted by molar-refractivity contribution is 0.656. The highest BCUT2D eigenvalue weighted by molar-refractivity contribution is 7.94. The van der Waals surface area contributed by atoms with Gasteiger partial charge in [0.1, 0.15) is 5.25 Å². The highest BCUT2D eigenvalue weighted by Gasteiger charge is 2.06. The fourth-order valence-corrected chi connectivity index (χ4v) is 1.02. The largest absolute Gasteiger partial charge is 0.371 e. The van der Waals surface area contributed by atoms with Gasteiger partial charge in [0.15, 0.2) is 12.0 Å². The maximum atomic E-state index is 6.93. The van der Waals surface area contributed by atoms with Gasteiger partial charge >= 0.3 is 0 Å². The summed E-state index contributed by atoms with van der Waals surface area (Å²) >= 11 is 1.16. The average molecular weight is 129 g/mol. The van der Waals surface area contributed by atoms with Crippen LogP contribution < -0.4 is 0 Å². The lowest BCUT2D eigenvalue weighted by Crippen LogP contribution is -1.96. The van der Waals surface area contributed by atoms with Crippen LogP contribution in [-0.2, 0) is 0 Å². The second-order valence-corrected chi connectivity index (χ2v) is 2.55. The van der Waals surface area contributed by atoms with Crippen molar-refractivity contribution in [2.24, 2.45) is 0 Å². The van der Waals surface area contributed by atoms with Crippen molar-refractivity contribution in [3.8, 4) is 0 Å². The van der Waals surface area contributed by atoms with E-state index in [4.69, 9.17) is 4.55 Å². The molecule has 1 aliphatic rings. The van der Waals surface area contributed by atoms with Crippen LogP contribution in [0.4, 0.5) is 0 Å². The molecule has 1 atom stereocenters. The van der Waals surface area contributed by atoms with Gasteiger partial charge in [0.2, 0.25) is 0 Å². The molecule has 0 amide bonds. The summed E-state index contributed by atoms with van der Waals surface area (Å²) in [6, 6.07) is 0. The number of hydrogen-bond donors (Lipinski definition) is 0. The van der Waals surface area contributed by atoms with Crippen molar-refractivity contribution in [1.82, 2.24) is 0 Å². The van der Waals surface area contributed by atoms with Gasteiger partial charge in [0, 0.05) is 0 Å². The van der Waals surface area contributed by atoms with Crippen LogP contribution >= 0.6 is 12.0 Å². The van der Waals surface area contributed by atoms with E-state index >= 15 is 0 Å². The normalized spacial score (nSPS) is 26.4. The second-order valence-electron chi connectivity index (χ2n) is 1.71. The zero-order valence-corrected chi connectivity index (χ0v) is 5.32. The average Bonchev–Trinajstić information content (AvgIpc) is 1.90. The molecule has 2 N–H and O–H groups in total. The van der Waals surface area contributed by atoms with Crippen LogP contribution in [0, 0.1) is 0 Å². The predicted molar refractivity (Wildman–Crippen MR) is 37.9 cm³/mol. The van der Waals surface area contributed by atoms with Crippen LogP contribution in [0.1, 0.15) is 6.42 Å². The molecular formula is C6H9OS+. The fraction of sp³-hybridized carbons (Fsp3) is 0.333. The van der Waals surface area contributed by atoms with E-state index in [2.05, 4.69) is 12.2 Å². The highest BCUT2D eigenvalue weighted by atomic mass is 32.2. The van der Waals surface area contributed by atoms with E-state index in [-0.39, 0.29) is 0 Å². The standard InChI is InChI=1S/C6H8OS/c7-8-6-4-2-1-3-5-6/h1-4,6-7H,5H2/p+1. The molecule has 0 fully saturated rings. The summed E-state index contributed by atoms with van der Waals surface area (Å²) in [5, 5.41) is 0.403. The predicted octanol–water partition coefficient (Wildman–Crippen LogP) is 1.24. The summed E-state index contributed by atoms with van der Waals surface area (Å²) in [5.74, 6) is 0. The quantitative estimate of drug-likeness (QED) is 0.386. The molecule has 2 heteroatoms. The molecule has 8 heavy (non-hydrogen) atoms. The van der Waals surface area contributed by atoms with Gasteiger partial charge in [-0.1, -0.05) is 24.3 Å². The molecule has 1 unspecified atom stereocenters. The van der Waals surface area contributed by atoms with E-state index in [9.17, 15) is 0 Å². The smallest absolute Gasteiger partial charge is 0.192 e. The summed E-state index contributed by atoms with van der Waals surface area (Å²) in [5.41, 5.74) is 0. The first kappa shape index (κ1) is 5.92. The van der Waals surface area contributed by atoms with E-state index in [1.165, 1.54) is 0 Å². The summed E-state index contributed by atoms with van der Waals surface area (Å²) in [6.07, 6.45) is 9.18. The van der Waals surface area contributed by atoms with Gasteiger partial charge in [-0.2, -0.15) is 0 Å². The maximum absolute atomic E-state index is 6.93. The van der Waals surface area contributed by atoms with Gasteiger partial charge in [-0.3, -0.25) is 0 Å². The lowest BCUT2D eigenvalue weighted by atomic mass is 10.2. The van der Waals surface area contributed by atoms with Crippen molar-refractivity contribution in [3.05, 3.63) is 24.3 Å². The van der Waals surface area contributed by atoms with Crippen molar-refractivity contribution in [2.45, 2.75) is 11.7 Å². The third-order valence-corrected chi connectivity index (χ3v) is 1.75. The zero-order chi connectivity index (χ0) is 5.82. The van der Waals surface area contributed by atoms with Gasteiger partial charge in [-0.15, -0.1) is 0 Å². The molecule has 0 spiro atoms. The van der Waals surface area contributed by atoms with Crippen LogP contribution in [0.5, 0.6) is 0 Å². The fourth-order valence-electron chi connectivity index (χ4n) is 0.645. The van der Waals surface area contributed by atoms with Crippen LogP contribution in [-0.4, -0.2) is 9.80 Å². The van der Waals surface area contributed by atoms with Crippen LogP contribution in [0.3, 0.4) is 0 Å². The molecule has 44 valence electrons. The van der Waals surface area contributed by atoms with Crippen molar-refractivity contribution < 1.29 is 4.55 Å². The van der Waals surface area contributed by atoms with E-state index in [0.29, 0.717) is 5.25 Å². The Balaban J connectivity index is 2.40. The lowest BCUT2D eigenvalue weighted by Gasteiger charge is -2.01. The SMILES string of the molecule is [OH2+]SC1C=CC=CC1. The van der Waals surface area contributed by atoms with Gasteiger partial charge in [-0.25, -0.2) is 0 Å². The summed E-state index contributed by atoms with van der Waals surface area (Å²) < 4.78 is 6.93. The van der Waals surface area contributed by atoms with E-state index in [0.717, 1.165) is 18.5 Å². The van der Waals surface area contributed by atoms with E-state index in [1.807, 2.05) is 12.2 Å². The molecule has 1 rings (SSSR count). The Morgan fingerprint density at radius 3 is 2.75 bits per heavy atom. The molecule has 0 aliphatic heterocycles. The third-order valence-electron chi connectivity index (χ3n) is 1.09. The number of hydrogen-bond acceptors (Lipinski definition) is 1. The zero-order valence-electron chi connectivity index (χ0n) is 4.50. The monoisotopic (exact) mass is 129 g/mol. The Hall–Kier alpha value is -0.210. The molecule has 0 saturated heterocycles. The number of allylic oxidation sites excluding steroid dienone is 3. The van der Waals surface area contributed by atoms with Crippen LogP contribution in [0.25, 0.3) is 0 Å². The Morgan fingerprint density at radius 1 is 1.50 bits per heavy atom. The molecule has 1 aliphatic carbocycles. The van der Waals surface area contributed by atoms with Crippen molar-refractivity contribution in [1.29, 1.82) is 0 Å². The molecule has 0 saturated carbocycles. The molecular weight excluding hydrogens is 120 g/mol. The Bertz CT molecular complexity index is 118. The Kier molecular flexibility index (Phi) is 2.18. The van der Waals surface area contributed by atoms with Gasteiger partial charge < -0.3 is 4.55 Å². The number of rotatable bonds is 1. The minimum absolute atomic E-state index is 0.403. The van der Waals surface area contributed by atoms with E-state index < -0.39 is 0 Å². The van der Waals surface area contributed by atoms with E-state index in [1.54, 1.807) is 0 Å². The molecule has 0 aromatic rings. The molecule has 0 heterocycles. The third kappa shape index (κ3) is 1.39.